The van der Waals surface area contributed by atoms with Crippen molar-refractivity contribution in [1.29, 1.82) is 0 Å². The summed E-state index contributed by atoms with van der Waals surface area (Å²) in [6.45, 7) is 4.84. The topological polar surface area (TPSA) is 134 Å². The fourth-order valence-electron chi connectivity index (χ4n) is 1.54. The fraction of sp³-hybridized carbons (Fsp3) is 0.769. The summed E-state index contributed by atoms with van der Waals surface area (Å²) < 4.78 is 41.0. The normalized spacial score (nSPS) is 14.2. The second-order valence-electron chi connectivity index (χ2n) is 5.77. The summed E-state index contributed by atoms with van der Waals surface area (Å²) >= 11 is 0. The molecule has 1 amide bonds. The summed E-state index contributed by atoms with van der Waals surface area (Å²) in [5.41, 5.74) is -0.824. The predicted molar refractivity (Wildman–Crippen MR) is 81.5 cm³/mol. The van der Waals surface area contributed by atoms with Gasteiger partial charge in [0.2, 0.25) is 0 Å². The van der Waals surface area contributed by atoms with Crippen LogP contribution in [0.15, 0.2) is 0 Å². The summed E-state index contributed by atoms with van der Waals surface area (Å²) in [7, 11) is -1.92. The number of esters is 2. The zero-order chi connectivity index (χ0) is 19.1. The Morgan fingerprint density at radius 1 is 1.04 bits per heavy atom. The van der Waals surface area contributed by atoms with Gasteiger partial charge in [-0.15, -0.1) is 0 Å². The molecule has 0 radical (unpaired) electrons. The highest BCUT2D eigenvalue weighted by atomic mass is 32.2. The molecule has 10 nitrogen and oxygen atoms in total. The summed E-state index contributed by atoms with van der Waals surface area (Å²) in [6.07, 6.45) is -2.37. The van der Waals surface area contributed by atoms with E-state index >= 15 is 0 Å². The Balaban J connectivity index is 5.24. The minimum Gasteiger partial charge on any atom is -0.467 e. The van der Waals surface area contributed by atoms with E-state index in [4.69, 9.17) is 4.74 Å². The average molecular weight is 369 g/mol. The third-order valence-corrected chi connectivity index (χ3v) is 2.96. The van der Waals surface area contributed by atoms with E-state index in [0.29, 0.717) is 0 Å². The van der Waals surface area contributed by atoms with Crippen molar-refractivity contribution in [3.8, 4) is 0 Å². The number of ether oxygens (including phenoxy) is 3. The first-order valence-electron chi connectivity index (χ1n) is 6.82. The highest BCUT2D eigenvalue weighted by Crippen LogP contribution is 2.12. The Kier molecular flexibility index (Phi) is 8.14. The zero-order valence-electron chi connectivity index (χ0n) is 14.4. The van der Waals surface area contributed by atoms with Crippen LogP contribution in [0.2, 0.25) is 0 Å². The van der Waals surface area contributed by atoms with Crippen molar-refractivity contribution < 1.29 is 41.2 Å². The minimum absolute atomic E-state index is 0.522. The van der Waals surface area contributed by atoms with E-state index < -0.39 is 52.3 Å². The van der Waals surface area contributed by atoms with Gasteiger partial charge in [0.15, 0.2) is 6.10 Å². The zero-order valence-corrected chi connectivity index (χ0v) is 15.3. The Hall–Kier alpha value is -1.88. The van der Waals surface area contributed by atoms with Gasteiger partial charge in [0.25, 0.3) is 10.1 Å². The van der Waals surface area contributed by atoms with Crippen LogP contribution in [-0.2, 0) is 38.1 Å². The molecular weight excluding hydrogens is 346 g/mol. The van der Waals surface area contributed by atoms with Gasteiger partial charge in [0.05, 0.1) is 20.5 Å². The van der Waals surface area contributed by atoms with Crippen molar-refractivity contribution >= 4 is 28.1 Å². The van der Waals surface area contributed by atoms with Gasteiger partial charge in [-0.25, -0.2) is 14.4 Å². The molecule has 24 heavy (non-hydrogen) atoms. The molecule has 2 atom stereocenters. The molecule has 2 unspecified atom stereocenters. The number of hydrogen-bond donors (Lipinski definition) is 1. The molecule has 0 aromatic rings. The van der Waals surface area contributed by atoms with Crippen LogP contribution in [-0.4, -0.2) is 64.7 Å². The molecule has 0 saturated heterocycles. The summed E-state index contributed by atoms with van der Waals surface area (Å²) in [5, 5.41) is 2.20. The van der Waals surface area contributed by atoms with Crippen molar-refractivity contribution in [2.24, 2.45) is 0 Å². The molecule has 0 heterocycles. The summed E-state index contributed by atoms with van der Waals surface area (Å²) in [6, 6.07) is -1.38. The van der Waals surface area contributed by atoms with Crippen LogP contribution in [0.1, 0.15) is 27.2 Å². The molecule has 140 valence electrons. The van der Waals surface area contributed by atoms with Crippen LogP contribution in [0.25, 0.3) is 0 Å². The highest BCUT2D eigenvalue weighted by molar-refractivity contribution is 7.86. The Labute approximate surface area is 140 Å². The van der Waals surface area contributed by atoms with Gasteiger partial charge in [-0.05, 0) is 20.8 Å². The van der Waals surface area contributed by atoms with E-state index in [-0.39, 0.29) is 0 Å². The van der Waals surface area contributed by atoms with Crippen LogP contribution < -0.4 is 5.32 Å². The smallest absolute Gasteiger partial charge is 0.408 e. The lowest BCUT2D eigenvalue weighted by Gasteiger charge is -2.24. The maximum Gasteiger partial charge on any atom is 0.408 e. The molecule has 0 aliphatic heterocycles. The number of rotatable bonds is 7. The predicted octanol–water partition coefficient (Wildman–Crippen LogP) is -0.0394. The fourth-order valence-corrected chi connectivity index (χ4v) is 2.12. The number of methoxy groups -OCH3 is 2. The van der Waals surface area contributed by atoms with E-state index in [1.807, 2.05) is 0 Å². The number of nitrogens with one attached hydrogen (secondary N) is 1. The molecule has 0 aromatic carbocycles. The van der Waals surface area contributed by atoms with Gasteiger partial charge in [-0.3, -0.25) is 4.18 Å². The molecule has 0 aliphatic carbocycles. The van der Waals surface area contributed by atoms with Crippen molar-refractivity contribution in [1.82, 2.24) is 5.32 Å². The second-order valence-corrected chi connectivity index (χ2v) is 7.37. The number of hydrogen-bond acceptors (Lipinski definition) is 9. The third kappa shape index (κ3) is 9.30. The lowest BCUT2D eigenvalue weighted by molar-refractivity contribution is -0.151. The quantitative estimate of drug-likeness (QED) is 0.372. The molecule has 0 fully saturated rings. The number of carbonyl (C=O) groups is 3. The van der Waals surface area contributed by atoms with Crippen molar-refractivity contribution in [2.75, 3.05) is 20.5 Å². The van der Waals surface area contributed by atoms with Crippen molar-refractivity contribution in [3.05, 3.63) is 0 Å². The minimum atomic E-state index is -4.01. The van der Waals surface area contributed by atoms with Gasteiger partial charge in [0.1, 0.15) is 11.6 Å². The first-order valence-corrected chi connectivity index (χ1v) is 8.64. The second kappa shape index (κ2) is 8.83. The standard InChI is InChI=1S/C13H23NO9S/c1-13(2,3)22-12(17)14-8(10(15)20-4)7-9(11(16)21-5)23-24(6,18)19/h8-9H,7H2,1-6H3,(H,14,17). The maximum absolute atomic E-state index is 11.8. The number of amides is 1. The highest BCUT2D eigenvalue weighted by Gasteiger charge is 2.34. The number of carbonyl (C=O) groups excluding carboxylic acids is 3. The first kappa shape index (κ1) is 22.1. The monoisotopic (exact) mass is 369 g/mol. The van der Waals surface area contributed by atoms with Crippen molar-refractivity contribution in [2.45, 2.75) is 44.9 Å². The molecule has 0 bridgehead atoms. The SMILES string of the molecule is COC(=O)C(CC(OS(C)(=O)=O)C(=O)OC)NC(=O)OC(C)(C)C. The molecule has 0 spiro atoms. The average Bonchev–Trinajstić information content (AvgIpc) is 2.40. The lowest BCUT2D eigenvalue weighted by Crippen LogP contribution is -2.47. The van der Waals surface area contributed by atoms with Crippen LogP contribution >= 0.6 is 0 Å². The van der Waals surface area contributed by atoms with E-state index in [1.165, 1.54) is 0 Å². The van der Waals surface area contributed by atoms with Gasteiger partial charge < -0.3 is 19.5 Å². The summed E-state index contributed by atoms with van der Waals surface area (Å²) in [4.78, 5) is 35.2. The molecule has 1 N–H and O–H groups in total. The van der Waals surface area contributed by atoms with Crippen LogP contribution in [0, 0.1) is 0 Å². The third-order valence-electron chi connectivity index (χ3n) is 2.38. The van der Waals surface area contributed by atoms with Gasteiger partial charge in [-0.1, -0.05) is 0 Å². The number of alkyl carbamates (subject to hydrolysis) is 1. The van der Waals surface area contributed by atoms with Gasteiger partial charge in [-0.2, -0.15) is 8.42 Å². The first-order chi connectivity index (χ1) is 10.8. The maximum atomic E-state index is 11.8. The lowest BCUT2D eigenvalue weighted by atomic mass is 10.1. The molecular formula is C13H23NO9S. The molecule has 0 saturated carbocycles. The largest absolute Gasteiger partial charge is 0.467 e. The van der Waals surface area contributed by atoms with Gasteiger partial charge >= 0.3 is 18.0 Å². The van der Waals surface area contributed by atoms with Crippen molar-refractivity contribution in [3.63, 3.8) is 0 Å². The molecule has 0 aromatic heterocycles. The Morgan fingerprint density at radius 2 is 1.54 bits per heavy atom. The molecule has 0 rings (SSSR count). The Morgan fingerprint density at radius 3 is 1.92 bits per heavy atom. The van der Waals surface area contributed by atoms with E-state index in [2.05, 4.69) is 19.0 Å². The Bertz CT molecular complexity index is 564. The van der Waals surface area contributed by atoms with Gasteiger partial charge in [0, 0.05) is 6.42 Å². The van der Waals surface area contributed by atoms with E-state index in [0.717, 1.165) is 20.5 Å². The van der Waals surface area contributed by atoms with E-state index in [1.54, 1.807) is 20.8 Å². The summed E-state index contributed by atoms with van der Waals surface area (Å²) in [5.74, 6) is -1.94. The molecule has 0 aliphatic rings. The van der Waals surface area contributed by atoms with E-state index in [9.17, 15) is 22.8 Å². The molecule has 11 heteroatoms. The van der Waals surface area contributed by atoms with Crippen LogP contribution in [0.4, 0.5) is 4.79 Å². The van der Waals surface area contributed by atoms with Crippen LogP contribution in [0.3, 0.4) is 0 Å². The van der Waals surface area contributed by atoms with Crippen LogP contribution in [0.5, 0.6) is 0 Å².